The van der Waals surface area contributed by atoms with E-state index in [1.54, 1.807) is 6.07 Å². The van der Waals surface area contributed by atoms with Crippen molar-refractivity contribution < 1.29 is 9.67 Å². The number of aromatic hydroxyl groups is 1. The quantitative estimate of drug-likeness (QED) is 0.652. The molecule has 0 bridgehead atoms. The largest absolute Gasteiger partial charge is 0.460 e. The molecule has 1 aromatic rings. The predicted octanol–water partition coefficient (Wildman–Crippen LogP) is 1.48. The van der Waals surface area contributed by atoms with Crippen LogP contribution in [0.25, 0.3) is 0 Å². The van der Waals surface area contributed by atoms with E-state index in [2.05, 4.69) is 6.92 Å². The maximum atomic E-state index is 9.30. The van der Waals surface area contributed by atoms with Crippen LogP contribution in [-0.2, 0) is 6.54 Å². The maximum Gasteiger partial charge on any atom is 0.365 e. The highest BCUT2D eigenvalue weighted by atomic mass is 16.3. The third-order valence-electron chi connectivity index (χ3n) is 1.67. The first kappa shape index (κ1) is 8.05. The normalized spacial score (nSPS) is 9.91. The van der Waals surface area contributed by atoms with Gasteiger partial charge in [-0.25, -0.2) is 0 Å². The first-order valence-corrected chi connectivity index (χ1v) is 4.02. The Bertz CT molecular complexity index is 223. The van der Waals surface area contributed by atoms with Crippen molar-refractivity contribution in [2.24, 2.45) is 0 Å². The Morgan fingerprint density at radius 2 is 2.27 bits per heavy atom. The second-order valence-corrected chi connectivity index (χ2v) is 2.61. The summed E-state index contributed by atoms with van der Waals surface area (Å²) in [5, 5.41) is 9.30. The summed E-state index contributed by atoms with van der Waals surface area (Å²) in [6.45, 7) is 3.05. The van der Waals surface area contributed by atoms with E-state index in [1.807, 2.05) is 22.9 Å². The zero-order valence-corrected chi connectivity index (χ0v) is 6.83. The number of rotatable bonds is 3. The molecule has 0 aliphatic rings. The highest BCUT2D eigenvalue weighted by molar-refractivity contribution is 4.99. The standard InChI is InChI=1S/C9H13NO/c1-2-3-7-10-8-5-4-6-9(10)11/h4-6,8H,2-3,7H2,1H3/p+1. The van der Waals surface area contributed by atoms with Crippen LogP contribution < -0.4 is 4.57 Å². The second kappa shape index (κ2) is 3.96. The van der Waals surface area contributed by atoms with Gasteiger partial charge < -0.3 is 5.11 Å². The van der Waals surface area contributed by atoms with Gasteiger partial charge in [-0.2, -0.15) is 4.57 Å². The molecule has 2 nitrogen and oxygen atoms in total. The Balaban J connectivity index is 2.62. The fourth-order valence-corrected chi connectivity index (χ4v) is 0.985. The zero-order valence-electron chi connectivity index (χ0n) is 6.83. The highest BCUT2D eigenvalue weighted by Gasteiger charge is 2.04. The van der Waals surface area contributed by atoms with Crippen molar-refractivity contribution in [3.05, 3.63) is 24.4 Å². The van der Waals surface area contributed by atoms with Gasteiger partial charge in [0.05, 0.1) is 6.07 Å². The van der Waals surface area contributed by atoms with Gasteiger partial charge in [0.2, 0.25) is 0 Å². The van der Waals surface area contributed by atoms with Gasteiger partial charge in [-0.3, -0.25) is 0 Å². The summed E-state index contributed by atoms with van der Waals surface area (Å²) in [6.07, 6.45) is 4.16. The number of unbranched alkanes of at least 4 members (excludes halogenated alkanes) is 1. The van der Waals surface area contributed by atoms with E-state index < -0.39 is 0 Å². The van der Waals surface area contributed by atoms with Crippen LogP contribution in [0.3, 0.4) is 0 Å². The molecule has 0 unspecified atom stereocenters. The molecule has 1 rings (SSSR count). The smallest absolute Gasteiger partial charge is 0.365 e. The highest BCUT2D eigenvalue weighted by Crippen LogP contribution is 1.98. The lowest BCUT2D eigenvalue weighted by molar-refractivity contribution is -0.702. The monoisotopic (exact) mass is 152 g/mol. The van der Waals surface area contributed by atoms with Crippen LogP contribution in [0.5, 0.6) is 5.88 Å². The summed E-state index contributed by atoms with van der Waals surface area (Å²) in [6, 6.07) is 5.46. The molecule has 1 heterocycles. The van der Waals surface area contributed by atoms with Gasteiger partial charge in [-0.05, 0) is 6.07 Å². The summed E-state index contributed by atoms with van der Waals surface area (Å²) < 4.78 is 1.85. The number of nitrogens with zero attached hydrogens (tertiary/aromatic N) is 1. The molecular weight excluding hydrogens is 138 g/mol. The number of hydrogen-bond acceptors (Lipinski definition) is 1. The molecule has 0 radical (unpaired) electrons. The SMILES string of the molecule is CCCC[n+]1ccccc1O. The molecule has 1 N–H and O–H groups in total. The minimum absolute atomic E-state index is 0.348. The van der Waals surface area contributed by atoms with Gasteiger partial charge >= 0.3 is 5.88 Å². The average Bonchev–Trinajstić information content (AvgIpc) is 2.03. The predicted molar refractivity (Wildman–Crippen MR) is 43.2 cm³/mol. The summed E-state index contributed by atoms with van der Waals surface area (Å²) in [7, 11) is 0. The van der Waals surface area contributed by atoms with Crippen LogP contribution in [0.2, 0.25) is 0 Å². The average molecular weight is 152 g/mol. The number of hydrogen-bond donors (Lipinski definition) is 1. The number of pyridine rings is 1. The molecule has 0 spiro atoms. The van der Waals surface area contributed by atoms with Crippen molar-refractivity contribution >= 4 is 0 Å². The lowest BCUT2D eigenvalue weighted by Gasteiger charge is -1.95. The van der Waals surface area contributed by atoms with Crippen molar-refractivity contribution in [1.29, 1.82) is 0 Å². The van der Waals surface area contributed by atoms with Gasteiger partial charge in [0.15, 0.2) is 12.7 Å². The molecule has 2 heteroatoms. The minimum atomic E-state index is 0.348. The van der Waals surface area contributed by atoms with Crippen molar-refractivity contribution in [3.8, 4) is 5.88 Å². The number of aryl methyl sites for hydroxylation is 1. The molecule has 60 valence electrons. The molecule has 0 aromatic carbocycles. The Labute approximate surface area is 67.1 Å². The van der Waals surface area contributed by atoms with Crippen molar-refractivity contribution in [2.45, 2.75) is 26.3 Å². The summed E-state index contributed by atoms with van der Waals surface area (Å²) in [5.74, 6) is 0.348. The van der Waals surface area contributed by atoms with Gasteiger partial charge in [-0.1, -0.05) is 13.3 Å². The van der Waals surface area contributed by atoms with Crippen LogP contribution in [0.4, 0.5) is 0 Å². The van der Waals surface area contributed by atoms with Crippen molar-refractivity contribution in [1.82, 2.24) is 0 Å². The van der Waals surface area contributed by atoms with Gasteiger partial charge in [0.25, 0.3) is 0 Å². The summed E-state index contributed by atoms with van der Waals surface area (Å²) in [4.78, 5) is 0. The van der Waals surface area contributed by atoms with Crippen LogP contribution in [0.1, 0.15) is 19.8 Å². The van der Waals surface area contributed by atoms with E-state index in [0.717, 1.165) is 19.4 Å². The lowest BCUT2D eigenvalue weighted by atomic mass is 10.3. The molecule has 1 aromatic heterocycles. The molecular formula is C9H14NO+. The third kappa shape index (κ3) is 2.22. The number of aromatic nitrogens is 1. The van der Waals surface area contributed by atoms with E-state index in [9.17, 15) is 5.11 Å². The van der Waals surface area contributed by atoms with Gasteiger partial charge in [-0.15, -0.1) is 0 Å². The van der Waals surface area contributed by atoms with E-state index >= 15 is 0 Å². The van der Waals surface area contributed by atoms with Gasteiger partial charge in [0, 0.05) is 12.5 Å². The fraction of sp³-hybridized carbons (Fsp3) is 0.444. The topological polar surface area (TPSA) is 24.1 Å². The first-order valence-electron chi connectivity index (χ1n) is 4.02. The summed E-state index contributed by atoms with van der Waals surface area (Å²) in [5.41, 5.74) is 0. The van der Waals surface area contributed by atoms with Crippen LogP contribution >= 0.6 is 0 Å². The Hall–Kier alpha value is -1.05. The Morgan fingerprint density at radius 3 is 2.91 bits per heavy atom. The van der Waals surface area contributed by atoms with E-state index in [1.165, 1.54) is 0 Å². The molecule has 0 saturated heterocycles. The first-order chi connectivity index (χ1) is 5.34. The fourth-order valence-electron chi connectivity index (χ4n) is 0.985. The third-order valence-corrected chi connectivity index (χ3v) is 1.67. The minimum Gasteiger partial charge on any atom is -0.460 e. The summed E-state index contributed by atoms with van der Waals surface area (Å²) >= 11 is 0. The van der Waals surface area contributed by atoms with E-state index in [0.29, 0.717) is 5.88 Å². The molecule has 11 heavy (non-hydrogen) atoms. The maximum absolute atomic E-state index is 9.30. The molecule has 0 amide bonds. The Morgan fingerprint density at radius 1 is 1.45 bits per heavy atom. The molecule has 0 aliphatic carbocycles. The molecule has 0 atom stereocenters. The lowest BCUT2D eigenvalue weighted by Crippen LogP contribution is -2.32. The van der Waals surface area contributed by atoms with Crippen LogP contribution in [0, 0.1) is 0 Å². The van der Waals surface area contributed by atoms with Crippen molar-refractivity contribution in [2.75, 3.05) is 0 Å². The molecule has 0 fully saturated rings. The molecule has 0 saturated carbocycles. The zero-order chi connectivity index (χ0) is 8.10. The second-order valence-electron chi connectivity index (χ2n) is 2.61. The molecule has 0 aliphatic heterocycles. The van der Waals surface area contributed by atoms with Crippen LogP contribution in [-0.4, -0.2) is 5.11 Å². The van der Waals surface area contributed by atoms with E-state index in [-0.39, 0.29) is 0 Å². The Kier molecular flexibility index (Phi) is 2.90. The van der Waals surface area contributed by atoms with Crippen molar-refractivity contribution in [3.63, 3.8) is 0 Å². The van der Waals surface area contributed by atoms with Crippen LogP contribution in [0.15, 0.2) is 24.4 Å². The van der Waals surface area contributed by atoms with E-state index in [4.69, 9.17) is 0 Å². The van der Waals surface area contributed by atoms with Gasteiger partial charge in [0.1, 0.15) is 0 Å².